The molecule has 200 valence electrons. The van der Waals surface area contributed by atoms with Crippen molar-refractivity contribution in [2.24, 2.45) is 0 Å². The summed E-state index contributed by atoms with van der Waals surface area (Å²) in [5.74, 6) is 1.34. The van der Waals surface area contributed by atoms with Crippen LogP contribution in [0.1, 0.15) is 39.2 Å². The van der Waals surface area contributed by atoms with E-state index in [0.29, 0.717) is 66.8 Å². The first-order valence-electron chi connectivity index (χ1n) is 12.5. The standard InChI is InChI=1S/C24H30N10O3S/c1-4-32-9-10-33(24(32)35)22(25)18-13-27-21(11-19(18)29-15(2)3)30-20-7-8-26-23(31-20)16-12-28-34(14-16)38(36,37)17-5-6-17/h7-8,11-15,17,25H,4-6,9-10H2,1-3H3,(H2,26,27,29,30,31). The zero-order valence-electron chi connectivity index (χ0n) is 21.4. The maximum absolute atomic E-state index is 12.6. The molecule has 4 heterocycles. The Hall–Kier alpha value is -4.07. The van der Waals surface area contributed by atoms with Crippen LogP contribution in [0.4, 0.5) is 22.1 Å². The quantitative estimate of drug-likeness (QED) is 0.275. The third-order valence-corrected chi connectivity index (χ3v) is 8.32. The van der Waals surface area contributed by atoms with Gasteiger partial charge in [-0.2, -0.15) is 9.19 Å². The van der Waals surface area contributed by atoms with Gasteiger partial charge in [0.1, 0.15) is 17.5 Å². The number of hydrogen-bond donors (Lipinski definition) is 3. The summed E-state index contributed by atoms with van der Waals surface area (Å²) in [6.45, 7) is 7.52. The second-order valence-corrected chi connectivity index (χ2v) is 11.6. The predicted molar refractivity (Wildman–Crippen MR) is 143 cm³/mol. The van der Waals surface area contributed by atoms with Crippen LogP contribution in [-0.2, 0) is 10.0 Å². The van der Waals surface area contributed by atoms with Crippen molar-refractivity contribution in [1.82, 2.24) is 33.9 Å². The van der Waals surface area contributed by atoms with E-state index in [0.717, 1.165) is 4.09 Å². The number of urea groups is 1. The highest BCUT2D eigenvalue weighted by Gasteiger charge is 2.37. The number of anilines is 3. The van der Waals surface area contributed by atoms with Crippen molar-refractivity contribution in [1.29, 1.82) is 5.41 Å². The van der Waals surface area contributed by atoms with E-state index in [-0.39, 0.29) is 23.2 Å². The van der Waals surface area contributed by atoms with Gasteiger partial charge in [-0.1, -0.05) is 0 Å². The third kappa shape index (κ3) is 5.03. The fraction of sp³-hybridized carbons (Fsp3) is 0.417. The number of nitrogens with zero attached hydrogens (tertiary/aromatic N) is 7. The summed E-state index contributed by atoms with van der Waals surface area (Å²) in [4.78, 5) is 29.0. The molecule has 13 nitrogen and oxygen atoms in total. The van der Waals surface area contributed by atoms with Gasteiger partial charge in [0.2, 0.25) is 0 Å². The molecule has 1 saturated carbocycles. The van der Waals surface area contributed by atoms with E-state index in [1.165, 1.54) is 17.3 Å². The van der Waals surface area contributed by atoms with E-state index in [9.17, 15) is 13.2 Å². The van der Waals surface area contributed by atoms with Gasteiger partial charge in [0, 0.05) is 44.1 Å². The van der Waals surface area contributed by atoms with E-state index >= 15 is 0 Å². The average Bonchev–Trinajstić information content (AvgIpc) is 3.51. The van der Waals surface area contributed by atoms with Crippen LogP contribution in [0.2, 0.25) is 0 Å². The van der Waals surface area contributed by atoms with E-state index in [1.54, 1.807) is 29.4 Å². The van der Waals surface area contributed by atoms with Gasteiger partial charge in [0.05, 0.1) is 34.5 Å². The van der Waals surface area contributed by atoms with E-state index in [2.05, 4.69) is 30.7 Å². The van der Waals surface area contributed by atoms with Gasteiger partial charge in [-0.15, -0.1) is 0 Å². The van der Waals surface area contributed by atoms with Gasteiger partial charge in [-0.05, 0) is 39.7 Å². The van der Waals surface area contributed by atoms with Crippen LogP contribution in [-0.4, -0.2) is 85.1 Å². The minimum Gasteiger partial charge on any atom is -0.382 e. The molecule has 3 aromatic heterocycles. The lowest BCUT2D eigenvalue weighted by Crippen LogP contribution is -2.36. The summed E-state index contributed by atoms with van der Waals surface area (Å²) >= 11 is 0. The SMILES string of the molecule is CCN1CCN(C(=N)c2cnc(Nc3ccnc(-c4cnn(S(=O)(=O)C5CC5)c4)n3)cc2NC(C)C)C1=O. The van der Waals surface area contributed by atoms with Crippen molar-refractivity contribution >= 4 is 39.2 Å². The first-order chi connectivity index (χ1) is 18.2. The molecule has 0 bridgehead atoms. The van der Waals surface area contributed by atoms with Crippen LogP contribution < -0.4 is 10.6 Å². The molecule has 3 N–H and O–H groups in total. The molecule has 14 heteroatoms. The Bertz CT molecular complexity index is 1480. The molecule has 0 aromatic carbocycles. The zero-order chi connectivity index (χ0) is 27.0. The highest BCUT2D eigenvalue weighted by atomic mass is 32.2. The van der Waals surface area contributed by atoms with Gasteiger partial charge >= 0.3 is 6.03 Å². The fourth-order valence-electron chi connectivity index (χ4n) is 4.15. The normalized spacial score (nSPS) is 15.8. The molecule has 2 amide bonds. The molecule has 38 heavy (non-hydrogen) atoms. The third-order valence-electron chi connectivity index (χ3n) is 6.29. The summed E-state index contributed by atoms with van der Waals surface area (Å²) in [7, 11) is -3.48. The molecule has 1 aliphatic heterocycles. The molecule has 0 atom stereocenters. The Morgan fingerprint density at radius 1 is 1.18 bits per heavy atom. The Balaban J connectivity index is 1.38. The largest absolute Gasteiger partial charge is 0.382 e. The number of carbonyl (C=O) groups excluding carboxylic acids is 1. The van der Waals surface area contributed by atoms with Crippen LogP contribution in [0.3, 0.4) is 0 Å². The molecule has 3 aromatic rings. The lowest BCUT2D eigenvalue weighted by atomic mass is 10.1. The number of hydrogen-bond acceptors (Lipinski definition) is 10. The van der Waals surface area contributed by atoms with Crippen molar-refractivity contribution in [3.05, 3.63) is 42.5 Å². The lowest BCUT2D eigenvalue weighted by molar-refractivity contribution is 0.207. The van der Waals surface area contributed by atoms with Gasteiger partial charge in [0.15, 0.2) is 5.82 Å². The predicted octanol–water partition coefficient (Wildman–Crippen LogP) is 2.72. The van der Waals surface area contributed by atoms with Crippen LogP contribution in [0.25, 0.3) is 11.4 Å². The molecule has 0 spiro atoms. The van der Waals surface area contributed by atoms with Crippen molar-refractivity contribution < 1.29 is 13.2 Å². The second-order valence-electron chi connectivity index (χ2n) is 9.51. The minimum atomic E-state index is -3.48. The lowest BCUT2D eigenvalue weighted by Gasteiger charge is -2.22. The van der Waals surface area contributed by atoms with E-state index in [4.69, 9.17) is 5.41 Å². The number of aromatic nitrogens is 5. The second kappa shape index (κ2) is 10.0. The first-order valence-corrected chi connectivity index (χ1v) is 14.0. The highest BCUT2D eigenvalue weighted by Crippen LogP contribution is 2.30. The number of likely N-dealkylation sites (N-methyl/N-ethyl adjacent to an activating group) is 1. The fourth-order valence-corrected chi connectivity index (χ4v) is 5.62. The van der Waals surface area contributed by atoms with Crippen LogP contribution in [0, 0.1) is 5.41 Å². The number of nitrogens with one attached hydrogen (secondary N) is 3. The first kappa shape index (κ1) is 25.6. The summed E-state index contributed by atoms with van der Waals surface area (Å²) < 4.78 is 25.9. The molecule has 1 aliphatic carbocycles. The van der Waals surface area contributed by atoms with Gasteiger partial charge < -0.3 is 15.5 Å². The monoisotopic (exact) mass is 538 g/mol. The smallest absolute Gasteiger partial charge is 0.325 e. The van der Waals surface area contributed by atoms with Gasteiger partial charge in [-0.3, -0.25) is 10.3 Å². The highest BCUT2D eigenvalue weighted by molar-refractivity contribution is 7.90. The Labute approximate surface area is 220 Å². The Morgan fingerprint density at radius 3 is 2.66 bits per heavy atom. The molecular formula is C24H30N10O3S. The summed E-state index contributed by atoms with van der Waals surface area (Å²) in [6, 6.07) is 3.33. The summed E-state index contributed by atoms with van der Waals surface area (Å²) in [5, 5.41) is 18.8. The van der Waals surface area contributed by atoms with Crippen molar-refractivity contribution in [2.45, 2.75) is 44.9 Å². The summed E-state index contributed by atoms with van der Waals surface area (Å²) in [5.41, 5.74) is 1.66. The maximum atomic E-state index is 12.6. The Morgan fingerprint density at radius 2 is 1.97 bits per heavy atom. The van der Waals surface area contributed by atoms with Crippen molar-refractivity contribution in [3.8, 4) is 11.4 Å². The van der Waals surface area contributed by atoms with Crippen LogP contribution in [0.15, 0.2) is 36.9 Å². The molecule has 2 aliphatic rings. The zero-order valence-corrected chi connectivity index (χ0v) is 22.2. The number of pyridine rings is 1. The Kier molecular flexibility index (Phi) is 6.73. The molecule has 0 unspecified atom stereocenters. The molecule has 0 radical (unpaired) electrons. The van der Waals surface area contributed by atoms with Crippen LogP contribution >= 0.6 is 0 Å². The molecule has 5 rings (SSSR count). The average molecular weight is 539 g/mol. The summed E-state index contributed by atoms with van der Waals surface area (Å²) in [6.07, 6.45) is 7.28. The minimum absolute atomic E-state index is 0.0762. The van der Waals surface area contributed by atoms with E-state index < -0.39 is 10.0 Å². The molecular weight excluding hydrogens is 508 g/mol. The number of amides is 2. The van der Waals surface area contributed by atoms with Crippen LogP contribution in [0.5, 0.6) is 0 Å². The van der Waals surface area contributed by atoms with Gasteiger partial charge in [-0.25, -0.2) is 28.2 Å². The topological polar surface area (TPSA) is 162 Å². The molecule has 1 saturated heterocycles. The number of amidine groups is 1. The number of carbonyl (C=O) groups is 1. The van der Waals surface area contributed by atoms with E-state index in [1.807, 2.05) is 20.8 Å². The van der Waals surface area contributed by atoms with Crippen molar-refractivity contribution in [3.63, 3.8) is 0 Å². The van der Waals surface area contributed by atoms with Gasteiger partial charge in [0.25, 0.3) is 10.0 Å². The maximum Gasteiger partial charge on any atom is 0.325 e. The molecule has 2 fully saturated rings. The van der Waals surface area contributed by atoms with Crippen molar-refractivity contribution in [2.75, 3.05) is 30.3 Å². The number of rotatable bonds is 9.